The molecule has 0 atom stereocenters. The van der Waals surface area contributed by atoms with Crippen LogP contribution in [0.15, 0.2) is 36.4 Å². The van der Waals surface area contributed by atoms with Gasteiger partial charge in [0.15, 0.2) is 17.3 Å². The van der Waals surface area contributed by atoms with Crippen LogP contribution in [0, 0.1) is 10.1 Å². The summed E-state index contributed by atoms with van der Waals surface area (Å²) in [6, 6.07) is 9.30. The van der Waals surface area contributed by atoms with Gasteiger partial charge in [0.2, 0.25) is 5.75 Å². The zero-order chi connectivity index (χ0) is 19.3. The van der Waals surface area contributed by atoms with E-state index in [-0.39, 0.29) is 11.5 Å². The summed E-state index contributed by atoms with van der Waals surface area (Å²) in [5.41, 5.74) is 1.65. The van der Waals surface area contributed by atoms with Crippen LogP contribution in [0.1, 0.15) is 18.1 Å². The summed E-state index contributed by atoms with van der Waals surface area (Å²) >= 11 is 0. The second kappa shape index (κ2) is 8.15. The first-order chi connectivity index (χ1) is 12.4. The molecular formula is C19H19NO6. The smallest absolute Gasteiger partial charge is 0.269 e. The van der Waals surface area contributed by atoms with Gasteiger partial charge in [0.05, 0.1) is 26.3 Å². The van der Waals surface area contributed by atoms with E-state index in [1.54, 1.807) is 30.3 Å². The number of carbonyl (C=O) groups is 1. The van der Waals surface area contributed by atoms with Crippen molar-refractivity contribution >= 4 is 23.1 Å². The maximum Gasteiger partial charge on any atom is 0.269 e. The van der Waals surface area contributed by atoms with Crippen LogP contribution in [0.25, 0.3) is 11.6 Å². The van der Waals surface area contributed by atoms with Gasteiger partial charge in [-0.1, -0.05) is 0 Å². The third-order valence-corrected chi connectivity index (χ3v) is 3.77. The SMILES string of the molecule is COc1cc(/C(=C\c2ccc([N+](=O)[O-])cc2)C(C)=O)cc(OC)c1OC. The maximum absolute atomic E-state index is 12.2. The number of ketones is 1. The highest BCUT2D eigenvalue weighted by Crippen LogP contribution is 2.40. The summed E-state index contributed by atoms with van der Waals surface area (Å²) in [5.74, 6) is 1.12. The molecule has 0 aliphatic rings. The molecule has 0 fully saturated rings. The lowest BCUT2D eigenvalue weighted by atomic mass is 9.98. The Morgan fingerprint density at radius 3 is 1.92 bits per heavy atom. The van der Waals surface area contributed by atoms with Crippen LogP contribution < -0.4 is 14.2 Å². The van der Waals surface area contributed by atoms with Crippen molar-refractivity contribution in [1.29, 1.82) is 0 Å². The number of hydrogen-bond donors (Lipinski definition) is 0. The van der Waals surface area contributed by atoms with Gasteiger partial charge >= 0.3 is 0 Å². The van der Waals surface area contributed by atoms with Crippen LogP contribution >= 0.6 is 0 Å². The van der Waals surface area contributed by atoms with Crippen LogP contribution in [0.5, 0.6) is 17.2 Å². The zero-order valence-corrected chi connectivity index (χ0v) is 14.9. The largest absolute Gasteiger partial charge is 0.493 e. The Morgan fingerprint density at radius 2 is 1.54 bits per heavy atom. The average Bonchev–Trinajstić information content (AvgIpc) is 2.64. The molecule has 0 saturated heterocycles. The van der Waals surface area contributed by atoms with Crippen LogP contribution in [-0.4, -0.2) is 32.0 Å². The second-order valence-electron chi connectivity index (χ2n) is 5.38. The van der Waals surface area contributed by atoms with Crippen molar-refractivity contribution < 1.29 is 23.9 Å². The molecule has 2 rings (SSSR count). The van der Waals surface area contributed by atoms with E-state index in [4.69, 9.17) is 14.2 Å². The molecule has 0 saturated carbocycles. The van der Waals surface area contributed by atoms with Gasteiger partial charge in [-0.05, 0) is 48.4 Å². The number of nitro groups is 1. The lowest BCUT2D eigenvalue weighted by molar-refractivity contribution is -0.384. The highest BCUT2D eigenvalue weighted by Gasteiger charge is 2.17. The Hall–Kier alpha value is -3.35. The first-order valence-electron chi connectivity index (χ1n) is 7.68. The fraction of sp³-hybridized carbons (Fsp3) is 0.211. The van der Waals surface area contributed by atoms with Crippen LogP contribution in [-0.2, 0) is 4.79 Å². The molecule has 2 aromatic rings. The summed E-state index contributed by atoms with van der Waals surface area (Å²) in [6.45, 7) is 1.44. The molecule has 0 amide bonds. The Bertz CT molecular complexity index is 830. The molecule has 0 radical (unpaired) electrons. The van der Waals surface area contributed by atoms with E-state index in [0.717, 1.165) is 0 Å². The standard InChI is InChI=1S/C19H19NO6/c1-12(21)16(9-13-5-7-15(8-6-13)20(22)23)14-10-17(24-2)19(26-4)18(11-14)25-3/h5-11H,1-4H3/b16-9-. The third-order valence-electron chi connectivity index (χ3n) is 3.77. The van der Waals surface area contributed by atoms with Crippen molar-refractivity contribution in [2.75, 3.05) is 21.3 Å². The molecule has 2 aromatic carbocycles. The number of rotatable bonds is 7. The number of carbonyl (C=O) groups excluding carboxylic acids is 1. The molecule has 136 valence electrons. The highest BCUT2D eigenvalue weighted by atomic mass is 16.6. The molecular weight excluding hydrogens is 338 g/mol. The van der Waals surface area contributed by atoms with Crippen LogP contribution in [0.3, 0.4) is 0 Å². The van der Waals surface area contributed by atoms with E-state index < -0.39 is 4.92 Å². The number of Topliss-reactive ketones (excluding diaryl/α,β-unsaturated/α-hetero) is 1. The quantitative estimate of drug-likeness (QED) is 0.324. The summed E-state index contributed by atoms with van der Waals surface area (Å²) in [4.78, 5) is 22.5. The molecule has 7 nitrogen and oxygen atoms in total. The van der Waals surface area contributed by atoms with Crippen LogP contribution in [0.4, 0.5) is 5.69 Å². The topological polar surface area (TPSA) is 87.9 Å². The van der Waals surface area contributed by atoms with Gasteiger partial charge in [-0.25, -0.2) is 0 Å². The number of benzene rings is 2. The maximum atomic E-state index is 12.2. The van der Waals surface area contributed by atoms with Crippen LogP contribution in [0.2, 0.25) is 0 Å². The first-order valence-corrected chi connectivity index (χ1v) is 7.68. The molecule has 0 aliphatic carbocycles. The Labute approximate surface area is 151 Å². The molecule has 0 unspecified atom stereocenters. The number of non-ortho nitro benzene ring substituents is 1. The minimum atomic E-state index is -0.474. The summed E-state index contributed by atoms with van der Waals surface area (Å²) in [5, 5.41) is 10.8. The molecule has 0 heterocycles. The van der Waals surface area contributed by atoms with Gasteiger partial charge in [0, 0.05) is 17.7 Å². The van der Waals surface area contributed by atoms with Gasteiger partial charge in [0.1, 0.15) is 0 Å². The van der Waals surface area contributed by atoms with E-state index in [0.29, 0.717) is 33.9 Å². The molecule has 0 aliphatic heterocycles. The predicted octanol–water partition coefficient (Wildman–Crippen LogP) is 3.75. The number of ether oxygens (including phenoxy) is 3. The number of nitro benzene ring substituents is 1. The van der Waals surface area contributed by atoms with Gasteiger partial charge in [-0.2, -0.15) is 0 Å². The monoisotopic (exact) mass is 357 g/mol. The normalized spacial score (nSPS) is 11.0. The minimum Gasteiger partial charge on any atom is -0.493 e. The van der Waals surface area contributed by atoms with E-state index in [1.165, 1.54) is 40.4 Å². The van der Waals surface area contributed by atoms with E-state index in [1.807, 2.05) is 0 Å². The number of hydrogen-bond acceptors (Lipinski definition) is 6. The number of allylic oxidation sites excluding steroid dienone is 1. The van der Waals surface area contributed by atoms with Crippen molar-refractivity contribution in [2.24, 2.45) is 0 Å². The van der Waals surface area contributed by atoms with Gasteiger partial charge in [-0.3, -0.25) is 14.9 Å². The molecule has 0 spiro atoms. The van der Waals surface area contributed by atoms with Gasteiger partial charge in [0.25, 0.3) is 5.69 Å². The van der Waals surface area contributed by atoms with Crippen molar-refractivity contribution in [2.45, 2.75) is 6.92 Å². The Kier molecular flexibility index (Phi) is 5.95. The third kappa shape index (κ3) is 4.00. The van der Waals surface area contributed by atoms with E-state index in [2.05, 4.69) is 0 Å². The lowest BCUT2D eigenvalue weighted by Gasteiger charge is -2.15. The fourth-order valence-corrected chi connectivity index (χ4v) is 2.48. The number of nitrogens with zero attached hydrogens (tertiary/aromatic N) is 1. The fourth-order valence-electron chi connectivity index (χ4n) is 2.48. The molecule has 7 heteroatoms. The lowest BCUT2D eigenvalue weighted by Crippen LogP contribution is -2.00. The summed E-state index contributed by atoms with van der Waals surface area (Å²) in [7, 11) is 4.49. The van der Waals surface area contributed by atoms with Crippen molar-refractivity contribution in [3.05, 3.63) is 57.6 Å². The second-order valence-corrected chi connectivity index (χ2v) is 5.38. The average molecular weight is 357 g/mol. The van der Waals surface area contributed by atoms with Crippen molar-refractivity contribution in [3.63, 3.8) is 0 Å². The molecule has 0 N–H and O–H groups in total. The first kappa shape index (κ1) is 19.0. The zero-order valence-electron chi connectivity index (χ0n) is 14.9. The number of methoxy groups -OCH3 is 3. The minimum absolute atomic E-state index is 0.0145. The Morgan fingerprint density at radius 1 is 1.00 bits per heavy atom. The van der Waals surface area contributed by atoms with Crippen molar-refractivity contribution in [3.8, 4) is 17.2 Å². The van der Waals surface area contributed by atoms with Gasteiger partial charge < -0.3 is 14.2 Å². The highest BCUT2D eigenvalue weighted by molar-refractivity contribution is 6.24. The Balaban J connectivity index is 2.56. The summed E-state index contributed by atoms with van der Waals surface area (Å²) in [6.07, 6.45) is 1.66. The van der Waals surface area contributed by atoms with E-state index >= 15 is 0 Å². The molecule has 0 aromatic heterocycles. The van der Waals surface area contributed by atoms with Gasteiger partial charge in [-0.15, -0.1) is 0 Å². The molecule has 26 heavy (non-hydrogen) atoms. The molecule has 0 bridgehead atoms. The van der Waals surface area contributed by atoms with Crippen molar-refractivity contribution in [1.82, 2.24) is 0 Å². The van der Waals surface area contributed by atoms with E-state index in [9.17, 15) is 14.9 Å². The summed E-state index contributed by atoms with van der Waals surface area (Å²) < 4.78 is 15.9. The predicted molar refractivity (Wildman–Crippen MR) is 97.7 cm³/mol.